The highest BCUT2D eigenvalue weighted by molar-refractivity contribution is 8.01. The van der Waals surface area contributed by atoms with Crippen LogP contribution in [0.25, 0.3) is 0 Å². The fraction of sp³-hybridized carbons (Fsp3) is 0.833. The van der Waals surface area contributed by atoms with Crippen molar-refractivity contribution in [2.75, 3.05) is 31.2 Å². The second kappa shape index (κ2) is 6.21. The highest BCUT2D eigenvalue weighted by Crippen LogP contribution is 2.36. The van der Waals surface area contributed by atoms with Crippen molar-refractivity contribution in [1.29, 1.82) is 0 Å². The molecule has 1 aromatic heterocycles. The lowest BCUT2D eigenvalue weighted by Crippen LogP contribution is -2.36. The zero-order valence-electron chi connectivity index (χ0n) is 10.5. The van der Waals surface area contributed by atoms with Crippen LogP contribution in [0.2, 0.25) is 0 Å². The standard InChI is InChI=1S/C12H19N3OS2/c1-2-4-10(5-3-1)17-12-14-13-11(18-12)15-6-8-16-9-7-15/h10H,1-9H2. The molecule has 2 fully saturated rings. The van der Waals surface area contributed by atoms with Gasteiger partial charge in [0.15, 0.2) is 4.34 Å². The van der Waals surface area contributed by atoms with E-state index in [0.717, 1.165) is 41.0 Å². The molecule has 0 atom stereocenters. The summed E-state index contributed by atoms with van der Waals surface area (Å²) in [5, 5.41) is 10.5. The first kappa shape index (κ1) is 12.7. The lowest BCUT2D eigenvalue weighted by atomic mass is 10.0. The number of hydrogen-bond acceptors (Lipinski definition) is 6. The van der Waals surface area contributed by atoms with Crippen LogP contribution < -0.4 is 4.90 Å². The maximum Gasteiger partial charge on any atom is 0.209 e. The molecule has 18 heavy (non-hydrogen) atoms. The van der Waals surface area contributed by atoms with Gasteiger partial charge in [-0.15, -0.1) is 10.2 Å². The van der Waals surface area contributed by atoms with Gasteiger partial charge in [-0.2, -0.15) is 0 Å². The summed E-state index contributed by atoms with van der Waals surface area (Å²) in [5.74, 6) is 0. The summed E-state index contributed by atoms with van der Waals surface area (Å²) in [4.78, 5) is 2.28. The molecule has 1 saturated heterocycles. The van der Waals surface area contributed by atoms with Crippen LogP contribution in [0.4, 0.5) is 5.13 Å². The summed E-state index contributed by atoms with van der Waals surface area (Å²) in [6, 6.07) is 0. The van der Waals surface area contributed by atoms with E-state index in [-0.39, 0.29) is 0 Å². The largest absolute Gasteiger partial charge is 0.378 e. The van der Waals surface area contributed by atoms with Gasteiger partial charge in [-0.25, -0.2) is 0 Å². The minimum absolute atomic E-state index is 0.768. The molecule has 0 N–H and O–H groups in total. The zero-order valence-corrected chi connectivity index (χ0v) is 12.1. The molecule has 1 aliphatic heterocycles. The summed E-state index contributed by atoms with van der Waals surface area (Å²) >= 11 is 3.68. The van der Waals surface area contributed by atoms with E-state index in [9.17, 15) is 0 Å². The van der Waals surface area contributed by atoms with E-state index in [1.54, 1.807) is 11.3 Å². The van der Waals surface area contributed by atoms with Crippen molar-refractivity contribution in [3.63, 3.8) is 0 Å². The number of anilines is 1. The number of thioether (sulfide) groups is 1. The maximum atomic E-state index is 5.36. The zero-order chi connectivity index (χ0) is 12.2. The Hall–Kier alpha value is -0.330. The van der Waals surface area contributed by atoms with Crippen LogP contribution in [-0.2, 0) is 4.74 Å². The van der Waals surface area contributed by atoms with Crippen LogP contribution in [0.1, 0.15) is 32.1 Å². The second-order valence-corrected chi connectivity index (χ2v) is 7.33. The molecule has 2 aliphatic rings. The molecule has 0 aromatic carbocycles. The quantitative estimate of drug-likeness (QED) is 0.854. The Kier molecular flexibility index (Phi) is 4.38. The molecule has 1 saturated carbocycles. The predicted octanol–water partition coefficient (Wildman–Crippen LogP) is 2.80. The van der Waals surface area contributed by atoms with E-state index in [1.165, 1.54) is 32.1 Å². The molecule has 0 bridgehead atoms. The van der Waals surface area contributed by atoms with Crippen LogP contribution in [0.5, 0.6) is 0 Å². The Morgan fingerprint density at radius 3 is 2.67 bits per heavy atom. The molecule has 2 heterocycles. The van der Waals surface area contributed by atoms with Crippen molar-refractivity contribution < 1.29 is 4.74 Å². The number of aromatic nitrogens is 2. The summed E-state index contributed by atoms with van der Waals surface area (Å²) in [6.45, 7) is 3.51. The minimum atomic E-state index is 0.768. The van der Waals surface area contributed by atoms with Gasteiger partial charge in [-0.1, -0.05) is 42.4 Å². The Balaban J connectivity index is 1.58. The molecule has 0 radical (unpaired) electrons. The van der Waals surface area contributed by atoms with E-state index < -0.39 is 0 Å². The van der Waals surface area contributed by atoms with Crippen LogP contribution in [-0.4, -0.2) is 41.8 Å². The van der Waals surface area contributed by atoms with Crippen molar-refractivity contribution >= 4 is 28.2 Å². The first-order valence-electron chi connectivity index (χ1n) is 6.75. The van der Waals surface area contributed by atoms with Gasteiger partial charge in [0.2, 0.25) is 5.13 Å². The highest BCUT2D eigenvalue weighted by atomic mass is 32.2. The summed E-state index contributed by atoms with van der Waals surface area (Å²) in [7, 11) is 0. The Morgan fingerprint density at radius 1 is 1.11 bits per heavy atom. The van der Waals surface area contributed by atoms with Gasteiger partial charge >= 0.3 is 0 Å². The lowest BCUT2D eigenvalue weighted by molar-refractivity contribution is 0.122. The van der Waals surface area contributed by atoms with Crippen molar-refractivity contribution in [3.05, 3.63) is 0 Å². The third-order valence-electron chi connectivity index (χ3n) is 3.50. The van der Waals surface area contributed by atoms with Crippen molar-refractivity contribution in [3.8, 4) is 0 Å². The van der Waals surface area contributed by atoms with Crippen molar-refractivity contribution in [2.24, 2.45) is 0 Å². The van der Waals surface area contributed by atoms with Gasteiger partial charge in [0, 0.05) is 18.3 Å². The summed E-state index contributed by atoms with van der Waals surface area (Å²) in [6.07, 6.45) is 6.86. The third-order valence-corrected chi connectivity index (χ3v) is 5.90. The van der Waals surface area contributed by atoms with E-state index in [4.69, 9.17) is 4.74 Å². The van der Waals surface area contributed by atoms with Crippen LogP contribution >= 0.6 is 23.1 Å². The predicted molar refractivity (Wildman–Crippen MR) is 75.7 cm³/mol. The number of hydrogen-bond donors (Lipinski definition) is 0. The molecular weight excluding hydrogens is 266 g/mol. The fourth-order valence-corrected chi connectivity index (χ4v) is 4.86. The van der Waals surface area contributed by atoms with Gasteiger partial charge in [0.25, 0.3) is 0 Å². The SMILES string of the molecule is C1CCC(Sc2nnc(N3CCOCC3)s2)CC1. The lowest BCUT2D eigenvalue weighted by Gasteiger charge is -2.25. The molecule has 4 nitrogen and oxygen atoms in total. The van der Waals surface area contributed by atoms with Crippen molar-refractivity contribution in [1.82, 2.24) is 10.2 Å². The topological polar surface area (TPSA) is 38.2 Å². The van der Waals surface area contributed by atoms with Crippen molar-refractivity contribution in [2.45, 2.75) is 41.7 Å². The maximum absolute atomic E-state index is 5.36. The molecule has 6 heteroatoms. The highest BCUT2D eigenvalue weighted by Gasteiger charge is 2.19. The van der Waals surface area contributed by atoms with E-state index in [0.29, 0.717) is 0 Å². The number of ether oxygens (including phenoxy) is 1. The molecule has 1 aromatic rings. The Labute approximate surface area is 116 Å². The average Bonchev–Trinajstić information content (AvgIpc) is 2.89. The third kappa shape index (κ3) is 3.16. The van der Waals surface area contributed by atoms with Crippen LogP contribution in [0.15, 0.2) is 4.34 Å². The summed E-state index contributed by atoms with van der Waals surface area (Å²) in [5.41, 5.74) is 0. The smallest absolute Gasteiger partial charge is 0.209 e. The second-order valence-electron chi connectivity index (χ2n) is 4.83. The number of morpholine rings is 1. The van der Waals surface area contributed by atoms with E-state index in [1.807, 2.05) is 11.8 Å². The monoisotopic (exact) mass is 285 g/mol. The molecule has 0 amide bonds. The molecule has 0 spiro atoms. The first-order chi connectivity index (χ1) is 8.92. The van der Waals surface area contributed by atoms with Gasteiger partial charge < -0.3 is 9.64 Å². The molecule has 1 aliphatic carbocycles. The number of rotatable bonds is 3. The van der Waals surface area contributed by atoms with Gasteiger partial charge in [-0.3, -0.25) is 0 Å². The van der Waals surface area contributed by atoms with Gasteiger partial charge in [0.1, 0.15) is 0 Å². The Morgan fingerprint density at radius 2 is 1.89 bits per heavy atom. The first-order valence-corrected chi connectivity index (χ1v) is 8.44. The average molecular weight is 285 g/mol. The fourth-order valence-electron chi connectivity index (χ4n) is 2.46. The van der Waals surface area contributed by atoms with E-state index in [2.05, 4.69) is 15.1 Å². The molecular formula is C12H19N3OS2. The van der Waals surface area contributed by atoms with Gasteiger partial charge in [0.05, 0.1) is 13.2 Å². The van der Waals surface area contributed by atoms with E-state index >= 15 is 0 Å². The normalized spacial score (nSPS) is 22.3. The molecule has 3 rings (SSSR count). The Bertz CT molecular complexity index is 373. The van der Waals surface area contributed by atoms with Crippen LogP contribution in [0, 0.1) is 0 Å². The summed E-state index contributed by atoms with van der Waals surface area (Å²) < 4.78 is 6.50. The molecule has 0 unspecified atom stereocenters. The molecule has 100 valence electrons. The van der Waals surface area contributed by atoms with Gasteiger partial charge in [-0.05, 0) is 12.8 Å². The number of nitrogens with zero attached hydrogens (tertiary/aromatic N) is 3. The van der Waals surface area contributed by atoms with Crippen LogP contribution in [0.3, 0.4) is 0 Å². The minimum Gasteiger partial charge on any atom is -0.378 e.